The minimum Gasteiger partial charge on any atom is -0.387 e. The molecule has 0 amide bonds. The second-order valence-electron chi connectivity index (χ2n) is 3.88. The molecule has 5 N–H and O–H groups in total. The van der Waals surface area contributed by atoms with Gasteiger partial charge in [0.25, 0.3) is 0 Å². The average molecular weight is 273 g/mol. The van der Waals surface area contributed by atoms with Crippen LogP contribution in [0, 0.1) is 11.3 Å². The highest BCUT2D eigenvalue weighted by Crippen LogP contribution is 2.28. The molecule has 0 bridgehead atoms. The van der Waals surface area contributed by atoms with Gasteiger partial charge in [-0.05, 0) is 0 Å². The maximum Gasteiger partial charge on any atom is 0.400 e. The van der Waals surface area contributed by atoms with Crippen molar-refractivity contribution in [1.82, 2.24) is 19.5 Å². The molecule has 0 fully saturated rings. The predicted molar refractivity (Wildman–Crippen MR) is 61.2 cm³/mol. The smallest absolute Gasteiger partial charge is 0.387 e. The van der Waals surface area contributed by atoms with Crippen molar-refractivity contribution in [1.29, 1.82) is 5.41 Å². The van der Waals surface area contributed by atoms with Crippen molar-refractivity contribution in [3.63, 3.8) is 0 Å². The molecule has 102 valence electrons. The molecule has 2 rings (SSSR count). The third-order valence-electron chi connectivity index (χ3n) is 2.58. The van der Waals surface area contributed by atoms with Gasteiger partial charge in [-0.3, -0.25) is 5.41 Å². The van der Waals surface area contributed by atoms with E-state index in [1.807, 2.05) is 0 Å². The summed E-state index contributed by atoms with van der Waals surface area (Å²) in [6, 6.07) is 0. The number of nitrogens with zero attached hydrogens (tertiary/aromatic N) is 4. The molecular weight excluding hydrogens is 263 g/mol. The molecule has 2 aromatic heterocycles. The van der Waals surface area contributed by atoms with E-state index in [4.69, 9.17) is 16.9 Å². The van der Waals surface area contributed by atoms with E-state index in [2.05, 4.69) is 15.0 Å². The molecule has 0 aliphatic rings. The van der Waals surface area contributed by atoms with Crippen molar-refractivity contribution in [2.24, 2.45) is 11.7 Å². The van der Waals surface area contributed by atoms with Crippen LogP contribution >= 0.6 is 0 Å². The van der Waals surface area contributed by atoms with E-state index in [0.29, 0.717) is 0 Å². The Kier molecular flexibility index (Phi) is 3.00. The average Bonchev–Trinajstić information content (AvgIpc) is 2.68. The first-order valence-corrected chi connectivity index (χ1v) is 5.12. The molecule has 0 spiro atoms. The van der Waals surface area contributed by atoms with Gasteiger partial charge in [0.1, 0.15) is 23.6 Å². The molecule has 1 unspecified atom stereocenters. The highest BCUT2D eigenvalue weighted by Gasteiger charge is 2.42. The Balaban J connectivity index is 2.40. The number of rotatable bonds is 3. The van der Waals surface area contributed by atoms with Gasteiger partial charge >= 0.3 is 6.18 Å². The van der Waals surface area contributed by atoms with Crippen LogP contribution in [0.15, 0.2) is 12.7 Å². The van der Waals surface area contributed by atoms with Crippen molar-refractivity contribution in [2.45, 2.75) is 12.7 Å². The Morgan fingerprint density at radius 2 is 2.05 bits per heavy atom. The number of hydrogen-bond acceptors (Lipinski definition) is 5. The lowest BCUT2D eigenvalue weighted by Gasteiger charge is -2.19. The van der Waals surface area contributed by atoms with Crippen LogP contribution in [0.1, 0.15) is 0 Å². The third kappa shape index (κ3) is 2.41. The molecule has 10 heteroatoms. The van der Waals surface area contributed by atoms with E-state index >= 15 is 0 Å². The number of halogens is 3. The van der Waals surface area contributed by atoms with E-state index in [9.17, 15) is 13.2 Å². The van der Waals surface area contributed by atoms with Crippen molar-refractivity contribution >= 4 is 22.8 Å². The fraction of sp³-hybridized carbons (Fsp3) is 0.333. The summed E-state index contributed by atoms with van der Waals surface area (Å²) in [4.78, 5) is 11.4. The zero-order chi connectivity index (χ0) is 14.2. The Morgan fingerprint density at radius 1 is 1.37 bits per heavy atom. The fourth-order valence-corrected chi connectivity index (χ4v) is 1.61. The minimum absolute atomic E-state index is 0.0788. The largest absolute Gasteiger partial charge is 0.400 e. The number of fused-ring (bicyclic) bond motifs is 1. The van der Waals surface area contributed by atoms with E-state index in [-0.39, 0.29) is 17.0 Å². The van der Waals surface area contributed by atoms with Crippen LogP contribution in [0.4, 0.5) is 19.0 Å². The summed E-state index contributed by atoms with van der Waals surface area (Å²) >= 11 is 0. The van der Waals surface area contributed by atoms with Crippen LogP contribution in [0.5, 0.6) is 0 Å². The number of alkyl halides is 3. The second-order valence-corrected chi connectivity index (χ2v) is 3.88. The summed E-state index contributed by atoms with van der Waals surface area (Å²) in [5.41, 5.74) is 10.9. The Morgan fingerprint density at radius 3 is 2.63 bits per heavy atom. The van der Waals surface area contributed by atoms with Gasteiger partial charge in [-0.1, -0.05) is 0 Å². The van der Waals surface area contributed by atoms with Crippen LogP contribution < -0.4 is 11.5 Å². The first kappa shape index (κ1) is 13.1. The Bertz CT molecular complexity index is 618. The van der Waals surface area contributed by atoms with Gasteiger partial charge in [0.05, 0.1) is 6.33 Å². The summed E-state index contributed by atoms with van der Waals surface area (Å²) in [7, 11) is 0. The summed E-state index contributed by atoms with van der Waals surface area (Å²) in [6.45, 7) is -0.578. The lowest BCUT2D eigenvalue weighted by atomic mass is 10.1. The van der Waals surface area contributed by atoms with Crippen LogP contribution in [-0.2, 0) is 6.54 Å². The van der Waals surface area contributed by atoms with Gasteiger partial charge in [0, 0.05) is 6.54 Å². The topological polar surface area (TPSA) is 119 Å². The number of aromatic nitrogens is 4. The lowest BCUT2D eigenvalue weighted by Crippen LogP contribution is -2.38. The predicted octanol–water partition coefficient (Wildman–Crippen LogP) is 0.523. The van der Waals surface area contributed by atoms with Crippen molar-refractivity contribution in [3.05, 3.63) is 12.7 Å². The van der Waals surface area contributed by atoms with Gasteiger partial charge in [0.15, 0.2) is 11.5 Å². The number of nitrogens with two attached hydrogens (primary N) is 2. The van der Waals surface area contributed by atoms with Gasteiger partial charge in [-0.15, -0.1) is 0 Å². The highest BCUT2D eigenvalue weighted by molar-refractivity contribution is 5.82. The number of imidazole rings is 1. The quantitative estimate of drug-likeness (QED) is 0.556. The number of nitrogens with one attached hydrogen (secondary N) is 1. The zero-order valence-electron chi connectivity index (χ0n) is 9.52. The number of hydrogen-bond donors (Lipinski definition) is 3. The molecule has 2 aromatic rings. The molecule has 0 aliphatic carbocycles. The maximum atomic E-state index is 12.7. The first-order chi connectivity index (χ1) is 8.80. The molecule has 0 saturated carbocycles. The maximum absolute atomic E-state index is 12.7. The van der Waals surface area contributed by atoms with Crippen LogP contribution in [0.2, 0.25) is 0 Å². The lowest BCUT2D eigenvalue weighted by molar-refractivity contribution is -0.158. The van der Waals surface area contributed by atoms with Crippen LogP contribution in [0.25, 0.3) is 11.2 Å². The molecule has 1 atom stereocenters. The molecule has 2 heterocycles. The molecule has 7 nitrogen and oxygen atoms in total. The van der Waals surface area contributed by atoms with E-state index in [1.165, 1.54) is 0 Å². The molecule has 0 saturated heterocycles. The van der Waals surface area contributed by atoms with Crippen molar-refractivity contribution in [2.75, 3.05) is 5.73 Å². The monoisotopic (exact) mass is 273 g/mol. The van der Waals surface area contributed by atoms with Gasteiger partial charge in [-0.25, -0.2) is 15.0 Å². The van der Waals surface area contributed by atoms with E-state index in [0.717, 1.165) is 17.2 Å². The molecule has 0 aromatic carbocycles. The van der Waals surface area contributed by atoms with E-state index in [1.54, 1.807) is 0 Å². The van der Waals surface area contributed by atoms with Crippen LogP contribution in [0.3, 0.4) is 0 Å². The second kappa shape index (κ2) is 4.37. The summed E-state index contributed by atoms with van der Waals surface area (Å²) in [5, 5.41) is 7.03. The fourth-order valence-electron chi connectivity index (χ4n) is 1.61. The van der Waals surface area contributed by atoms with E-state index < -0.39 is 24.5 Å². The third-order valence-corrected chi connectivity index (χ3v) is 2.58. The van der Waals surface area contributed by atoms with Crippen molar-refractivity contribution in [3.8, 4) is 0 Å². The summed E-state index contributed by atoms with van der Waals surface area (Å²) in [5.74, 6) is -2.98. The minimum atomic E-state index is -4.61. The first-order valence-electron chi connectivity index (χ1n) is 5.12. The summed E-state index contributed by atoms with van der Waals surface area (Å²) in [6.07, 6.45) is -2.31. The van der Waals surface area contributed by atoms with Gasteiger partial charge in [-0.2, -0.15) is 13.2 Å². The molecule has 19 heavy (non-hydrogen) atoms. The van der Waals surface area contributed by atoms with Crippen molar-refractivity contribution < 1.29 is 13.2 Å². The van der Waals surface area contributed by atoms with Gasteiger partial charge < -0.3 is 16.0 Å². The number of nitrogen functional groups attached to an aromatic ring is 1. The number of amidine groups is 1. The molecular formula is C9H10F3N7. The molecule has 0 radical (unpaired) electrons. The SMILES string of the molecule is N=C(N)C(Cn1cnc2c(N)ncnc21)C(F)(F)F. The molecule has 0 aliphatic heterocycles. The van der Waals surface area contributed by atoms with Gasteiger partial charge in [0.2, 0.25) is 0 Å². The standard InChI is InChI=1S/C9H10F3N7/c10-9(11,12)4(6(13)14)1-19-3-18-5-7(15)16-2-17-8(5)19/h2-4H,1H2,(H3,13,14)(H2,15,16,17). The number of anilines is 1. The normalized spacial score (nSPS) is 13.6. The summed E-state index contributed by atoms with van der Waals surface area (Å²) < 4.78 is 39.3. The van der Waals surface area contributed by atoms with Crippen LogP contribution in [-0.4, -0.2) is 31.5 Å². The Hall–Kier alpha value is -2.39. The Labute approximate surface area is 105 Å². The highest BCUT2D eigenvalue weighted by atomic mass is 19.4. The zero-order valence-corrected chi connectivity index (χ0v) is 9.52.